The normalized spacial score (nSPS) is 14.7. The predicted octanol–water partition coefficient (Wildman–Crippen LogP) is 5.49. The fraction of sp³-hybridized carbons (Fsp3) is 0.333. The van der Waals surface area contributed by atoms with E-state index in [-0.39, 0.29) is 14.4 Å². The Labute approximate surface area is 116 Å². The number of thioether (sulfide) groups is 1. The molecule has 1 unspecified atom stereocenters. The number of rotatable bonds is 3. The van der Waals surface area contributed by atoms with Crippen molar-refractivity contribution in [3.8, 4) is 0 Å². The fourth-order valence-corrected chi connectivity index (χ4v) is 2.85. The molecule has 0 aliphatic rings. The summed E-state index contributed by atoms with van der Waals surface area (Å²) in [5.74, 6) is 0. The molecule has 1 aromatic rings. The maximum atomic E-state index is 13.1. The van der Waals surface area contributed by atoms with Crippen LogP contribution in [0, 0.1) is 6.07 Å². The van der Waals surface area contributed by atoms with Gasteiger partial charge in [-0.2, -0.15) is 22.0 Å². The number of hydrogen-bond acceptors (Lipinski definition) is 1. The van der Waals surface area contributed by atoms with Crippen LogP contribution in [0.25, 0.3) is 0 Å². The third-order valence-corrected chi connectivity index (χ3v) is 3.19. The number of benzene rings is 1. The highest BCUT2D eigenvalue weighted by Crippen LogP contribution is 2.46. The van der Waals surface area contributed by atoms with Crippen molar-refractivity contribution in [1.82, 2.24) is 0 Å². The Kier molecular flexibility index (Phi) is 4.88. The molecule has 0 amide bonds. The summed E-state index contributed by atoms with van der Waals surface area (Å²) in [6, 6.07) is 4.49. The van der Waals surface area contributed by atoms with Gasteiger partial charge in [-0.15, -0.1) is 0 Å². The summed E-state index contributed by atoms with van der Waals surface area (Å²) in [6.07, 6.45) is -9.88. The molecule has 0 fully saturated rings. The van der Waals surface area contributed by atoms with Gasteiger partial charge in [0.05, 0.1) is 5.02 Å². The number of halogens is 8. The Balaban J connectivity index is 2.95. The molecule has 0 aromatic heterocycles. The summed E-state index contributed by atoms with van der Waals surface area (Å²) in [6.45, 7) is 0. The maximum absolute atomic E-state index is 13.1. The van der Waals surface area contributed by atoms with E-state index in [4.69, 9.17) is 11.6 Å². The SMILES string of the molecule is FC(C(F)(F)F)C(F)(F)Sc1cc(Cl)[c]c(Br)c1. The largest absolute Gasteiger partial charge is 0.426 e. The van der Waals surface area contributed by atoms with Crippen molar-refractivity contribution >= 4 is 39.3 Å². The van der Waals surface area contributed by atoms with Crippen LogP contribution in [-0.4, -0.2) is 17.6 Å². The molecule has 1 radical (unpaired) electrons. The van der Waals surface area contributed by atoms with Gasteiger partial charge in [-0.1, -0.05) is 27.5 Å². The topological polar surface area (TPSA) is 0 Å². The van der Waals surface area contributed by atoms with Gasteiger partial charge in [0.25, 0.3) is 6.17 Å². The van der Waals surface area contributed by atoms with Crippen LogP contribution >= 0.6 is 39.3 Å². The minimum atomic E-state index is -5.63. The molecule has 0 saturated heterocycles. The third-order valence-electron chi connectivity index (χ3n) is 1.61. The van der Waals surface area contributed by atoms with E-state index < -0.39 is 29.4 Å². The first-order chi connectivity index (χ1) is 8.02. The second-order valence-electron chi connectivity index (χ2n) is 3.08. The van der Waals surface area contributed by atoms with Gasteiger partial charge in [-0.25, -0.2) is 4.39 Å². The first-order valence-corrected chi connectivity index (χ1v) is 6.17. The molecule has 0 saturated carbocycles. The van der Waals surface area contributed by atoms with Gasteiger partial charge in [-0.05, 0) is 23.9 Å². The van der Waals surface area contributed by atoms with Gasteiger partial charge < -0.3 is 0 Å². The van der Waals surface area contributed by atoms with Crippen molar-refractivity contribution in [2.45, 2.75) is 22.5 Å². The summed E-state index contributed by atoms with van der Waals surface area (Å²) in [5, 5.41) is -4.72. The van der Waals surface area contributed by atoms with E-state index in [9.17, 15) is 26.3 Å². The zero-order valence-electron chi connectivity index (χ0n) is 8.16. The average Bonchev–Trinajstić information content (AvgIpc) is 2.12. The van der Waals surface area contributed by atoms with E-state index in [0.717, 1.165) is 12.1 Å². The van der Waals surface area contributed by atoms with Gasteiger partial charge in [-0.3, -0.25) is 0 Å². The first kappa shape index (κ1) is 16.0. The highest BCUT2D eigenvalue weighted by molar-refractivity contribution is 9.10. The maximum Gasteiger partial charge on any atom is 0.426 e. The lowest BCUT2D eigenvalue weighted by atomic mass is 10.4. The second-order valence-corrected chi connectivity index (χ2v) is 5.56. The van der Waals surface area contributed by atoms with Gasteiger partial charge in [0.2, 0.25) is 0 Å². The summed E-state index contributed by atoms with van der Waals surface area (Å²) >= 11 is 7.82. The van der Waals surface area contributed by atoms with Gasteiger partial charge >= 0.3 is 11.4 Å². The third kappa shape index (κ3) is 4.24. The van der Waals surface area contributed by atoms with Crippen LogP contribution in [0.4, 0.5) is 26.3 Å². The quantitative estimate of drug-likeness (QED) is 0.499. The molecule has 0 aliphatic carbocycles. The van der Waals surface area contributed by atoms with Crippen LogP contribution in [0.3, 0.4) is 0 Å². The summed E-state index contributed by atoms with van der Waals surface area (Å²) in [4.78, 5) is -0.303. The fourth-order valence-electron chi connectivity index (χ4n) is 0.936. The van der Waals surface area contributed by atoms with Crippen molar-refractivity contribution in [3.63, 3.8) is 0 Å². The Morgan fingerprint density at radius 1 is 1.22 bits per heavy atom. The van der Waals surface area contributed by atoms with Crippen molar-refractivity contribution in [3.05, 3.63) is 27.7 Å². The van der Waals surface area contributed by atoms with E-state index in [0.29, 0.717) is 0 Å². The first-order valence-electron chi connectivity index (χ1n) is 4.18. The van der Waals surface area contributed by atoms with Crippen LogP contribution in [0.2, 0.25) is 5.02 Å². The number of alkyl halides is 6. The molecule has 0 spiro atoms. The van der Waals surface area contributed by atoms with Gasteiger partial charge in [0.15, 0.2) is 0 Å². The Morgan fingerprint density at radius 3 is 2.22 bits per heavy atom. The van der Waals surface area contributed by atoms with Gasteiger partial charge in [0, 0.05) is 15.4 Å². The molecular weight excluding hydrogens is 370 g/mol. The van der Waals surface area contributed by atoms with E-state index in [1.807, 2.05) is 0 Å². The Hall–Kier alpha value is -0.0800. The van der Waals surface area contributed by atoms with Crippen LogP contribution in [0.1, 0.15) is 0 Å². The van der Waals surface area contributed by atoms with Crippen molar-refractivity contribution in [2.24, 2.45) is 0 Å². The Bertz CT molecular complexity index is 415. The van der Waals surface area contributed by atoms with E-state index in [1.165, 1.54) is 0 Å². The summed E-state index contributed by atoms with van der Waals surface area (Å²) < 4.78 is 74.6. The van der Waals surface area contributed by atoms with Crippen molar-refractivity contribution < 1.29 is 26.3 Å². The number of hydrogen-bond donors (Lipinski definition) is 0. The smallest absolute Gasteiger partial charge is 0.230 e. The summed E-state index contributed by atoms with van der Waals surface area (Å²) in [5.41, 5.74) is 0. The van der Waals surface area contributed by atoms with Crippen LogP contribution < -0.4 is 0 Å². The van der Waals surface area contributed by atoms with Gasteiger partial charge in [0.1, 0.15) is 0 Å². The van der Waals surface area contributed by atoms with E-state index in [1.54, 1.807) is 0 Å². The highest BCUT2D eigenvalue weighted by Gasteiger charge is 2.57. The Morgan fingerprint density at radius 2 is 1.78 bits per heavy atom. The molecular formula is C9H3BrClF6S. The molecule has 101 valence electrons. The molecule has 1 atom stereocenters. The minimum absolute atomic E-state index is 0.0786. The van der Waals surface area contributed by atoms with Crippen LogP contribution in [0.15, 0.2) is 21.5 Å². The molecule has 0 nitrogen and oxygen atoms in total. The highest BCUT2D eigenvalue weighted by atomic mass is 79.9. The molecule has 1 rings (SSSR count). The lowest BCUT2D eigenvalue weighted by molar-refractivity contribution is -0.219. The van der Waals surface area contributed by atoms with Crippen LogP contribution in [0.5, 0.6) is 0 Å². The molecule has 0 N–H and O–H groups in total. The zero-order chi connectivity index (χ0) is 14.1. The van der Waals surface area contributed by atoms with Crippen LogP contribution in [-0.2, 0) is 0 Å². The molecule has 0 bridgehead atoms. The molecule has 9 heteroatoms. The molecule has 18 heavy (non-hydrogen) atoms. The van der Waals surface area contributed by atoms with Crippen molar-refractivity contribution in [1.29, 1.82) is 0 Å². The minimum Gasteiger partial charge on any atom is -0.230 e. The molecule has 0 heterocycles. The lowest BCUT2D eigenvalue weighted by Gasteiger charge is -2.21. The average molecular weight is 373 g/mol. The zero-order valence-corrected chi connectivity index (χ0v) is 11.3. The van der Waals surface area contributed by atoms with Crippen molar-refractivity contribution in [2.75, 3.05) is 0 Å². The summed E-state index contributed by atoms with van der Waals surface area (Å²) in [7, 11) is 0. The molecule has 0 aliphatic heterocycles. The predicted molar refractivity (Wildman–Crippen MR) is 59.7 cm³/mol. The van der Waals surface area contributed by atoms with E-state index >= 15 is 0 Å². The second kappa shape index (κ2) is 5.50. The standard InChI is InChI=1S/C9H3BrClF6S/c10-4-1-5(11)3-6(2-4)18-9(16,17)7(12)8(13,14)15/h2-3,7H. The van der Waals surface area contributed by atoms with E-state index in [2.05, 4.69) is 22.0 Å². The molecule has 1 aromatic carbocycles. The monoisotopic (exact) mass is 371 g/mol. The lowest BCUT2D eigenvalue weighted by Crippen LogP contribution is -2.39.